The third-order valence-corrected chi connectivity index (χ3v) is 9.04. The zero-order chi connectivity index (χ0) is 24.0. The molecule has 0 saturated heterocycles. The van der Waals surface area contributed by atoms with Gasteiger partial charge in [-0.2, -0.15) is 0 Å². The van der Waals surface area contributed by atoms with Crippen molar-refractivity contribution in [2.45, 2.75) is 5.60 Å². The highest BCUT2D eigenvalue weighted by atomic mass is 32.1. The molecule has 1 aliphatic heterocycles. The van der Waals surface area contributed by atoms with Crippen LogP contribution in [-0.2, 0) is 5.60 Å². The maximum absolute atomic E-state index is 6.92. The molecule has 0 bridgehead atoms. The molecule has 7 rings (SSSR count). The van der Waals surface area contributed by atoms with Gasteiger partial charge in [-0.15, -0.1) is 22.7 Å². The number of benzene rings is 4. The quantitative estimate of drug-likeness (QED) is 0.235. The molecule has 1 nitrogen and oxygen atoms in total. The minimum atomic E-state index is -0.663. The highest BCUT2D eigenvalue weighted by molar-refractivity contribution is 7.23. The van der Waals surface area contributed by atoms with Gasteiger partial charge in [0.1, 0.15) is 5.75 Å². The van der Waals surface area contributed by atoms with Gasteiger partial charge in [-0.3, -0.25) is 0 Å². The second-order valence-corrected chi connectivity index (χ2v) is 11.0. The molecule has 0 atom stereocenters. The van der Waals surface area contributed by atoms with Crippen molar-refractivity contribution >= 4 is 39.5 Å². The summed E-state index contributed by atoms with van der Waals surface area (Å²) in [6, 6.07) is 40.8. The summed E-state index contributed by atoms with van der Waals surface area (Å²) in [7, 11) is 0. The summed E-state index contributed by atoms with van der Waals surface area (Å²) in [6.45, 7) is 0. The Morgan fingerprint density at radius 1 is 0.611 bits per heavy atom. The van der Waals surface area contributed by atoms with Crippen LogP contribution in [-0.4, -0.2) is 0 Å². The van der Waals surface area contributed by atoms with Gasteiger partial charge in [0, 0.05) is 31.3 Å². The van der Waals surface area contributed by atoms with Crippen LogP contribution < -0.4 is 4.74 Å². The van der Waals surface area contributed by atoms with Crippen LogP contribution in [0.2, 0.25) is 0 Å². The van der Waals surface area contributed by atoms with Crippen LogP contribution in [0.3, 0.4) is 0 Å². The van der Waals surface area contributed by atoms with Crippen molar-refractivity contribution in [2.24, 2.45) is 0 Å². The Bertz CT molecular complexity index is 1650. The normalized spacial score (nSPS) is 13.9. The molecule has 0 fully saturated rings. The van der Waals surface area contributed by atoms with E-state index in [9.17, 15) is 0 Å². The van der Waals surface area contributed by atoms with Crippen molar-refractivity contribution in [3.63, 3.8) is 0 Å². The molecule has 0 unspecified atom stereocenters. The molecular formula is C33H22OS2. The van der Waals surface area contributed by atoms with Crippen molar-refractivity contribution in [3.8, 4) is 25.9 Å². The van der Waals surface area contributed by atoms with Crippen LogP contribution in [0, 0.1) is 0 Å². The van der Waals surface area contributed by atoms with Crippen LogP contribution in [0.5, 0.6) is 5.75 Å². The van der Waals surface area contributed by atoms with Crippen molar-refractivity contribution in [1.82, 2.24) is 0 Å². The molecule has 0 amide bonds. The van der Waals surface area contributed by atoms with Gasteiger partial charge >= 0.3 is 0 Å². The van der Waals surface area contributed by atoms with Gasteiger partial charge in [0.15, 0.2) is 5.60 Å². The second-order valence-electron chi connectivity index (χ2n) is 8.96. The van der Waals surface area contributed by atoms with Crippen LogP contribution in [0.25, 0.3) is 37.0 Å². The first-order chi connectivity index (χ1) is 17.8. The maximum atomic E-state index is 6.92. The van der Waals surface area contributed by atoms with Crippen LogP contribution in [0.15, 0.2) is 127 Å². The first kappa shape index (κ1) is 21.4. The van der Waals surface area contributed by atoms with E-state index in [0.717, 1.165) is 22.4 Å². The van der Waals surface area contributed by atoms with E-state index in [4.69, 9.17) is 4.74 Å². The predicted molar refractivity (Wildman–Crippen MR) is 154 cm³/mol. The lowest BCUT2D eigenvalue weighted by atomic mass is 9.83. The molecule has 0 radical (unpaired) electrons. The molecule has 4 aromatic carbocycles. The molecule has 36 heavy (non-hydrogen) atoms. The Morgan fingerprint density at radius 2 is 1.33 bits per heavy atom. The molecular weight excluding hydrogens is 476 g/mol. The van der Waals surface area contributed by atoms with Gasteiger partial charge in [0.2, 0.25) is 0 Å². The SMILES string of the molecule is C1=CC(c2ccccc2)(c2ccccc2)Oc2ccc3ccc(-c4ccc(-c5cccs5)s4)cc3c21. The minimum Gasteiger partial charge on any atom is -0.473 e. The first-order valence-electron chi connectivity index (χ1n) is 12.0. The summed E-state index contributed by atoms with van der Waals surface area (Å²) < 4.78 is 6.92. The predicted octanol–water partition coefficient (Wildman–Crippen LogP) is 9.65. The second kappa shape index (κ2) is 8.63. The first-order valence-corrected chi connectivity index (χ1v) is 13.7. The lowest BCUT2D eigenvalue weighted by Gasteiger charge is -2.36. The number of rotatable bonds is 4. The van der Waals surface area contributed by atoms with Gasteiger partial charge in [-0.05, 0) is 64.2 Å². The molecule has 172 valence electrons. The molecule has 0 aliphatic carbocycles. The number of thiophene rings is 2. The molecule has 0 saturated carbocycles. The highest BCUT2D eigenvalue weighted by Gasteiger charge is 2.37. The standard InChI is InChI=1S/C33H22OS2/c1-3-8-25(9-4-1)33(26-10-5-2-6-11-26)20-19-27-28-22-24(14-13-23(28)15-16-29(27)34-33)30-17-18-32(36-30)31-12-7-21-35-31/h1-22H. The van der Waals surface area contributed by atoms with E-state index in [1.54, 1.807) is 11.3 Å². The Morgan fingerprint density at radius 3 is 2.06 bits per heavy atom. The summed E-state index contributed by atoms with van der Waals surface area (Å²) in [6.07, 6.45) is 4.46. The smallest absolute Gasteiger partial charge is 0.178 e. The van der Waals surface area contributed by atoms with Crippen molar-refractivity contribution in [2.75, 3.05) is 0 Å². The zero-order valence-corrected chi connectivity index (χ0v) is 21.1. The van der Waals surface area contributed by atoms with E-state index in [1.807, 2.05) is 23.5 Å². The Balaban J connectivity index is 1.35. The van der Waals surface area contributed by atoms with E-state index < -0.39 is 5.60 Å². The summed E-state index contributed by atoms with van der Waals surface area (Å²) >= 11 is 3.63. The molecule has 3 heterocycles. The topological polar surface area (TPSA) is 9.23 Å². The van der Waals surface area contributed by atoms with Crippen LogP contribution >= 0.6 is 22.7 Å². The highest BCUT2D eigenvalue weighted by Crippen LogP contribution is 2.45. The van der Waals surface area contributed by atoms with E-state index in [2.05, 4.69) is 121 Å². The molecule has 1 aliphatic rings. The van der Waals surface area contributed by atoms with Crippen molar-refractivity contribution < 1.29 is 4.74 Å². The maximum Gasteiger partial charge on any atom is 0.178 e. The fourth-order valence-corrected chi connectivity index (χ4v) is 6.87. The lowest BCUT2D eigenvalue weighted by Crippen LogP contribution is -2.34. The van der Waals surface area contributed by atoms with Gasteiger partial charge < -0.3 is 4.74 Å². The third kappa shape index (κ3) is 3.51. The summed E-state index contributed by atoms with van der Waals surface area (Å²) in [5.74, 6) is 0.903. The Labute approximate surface area is 218 Å². The van der Waals surface area contributed by atoms with E-state index in [-0.39, 0.29) is 0 Å². The average Bonchev–Trinajstić information content (AvgIpc) is 3.66. The van der Waals surface area contributed by atoms with E-state index in [0.29, 0.717) is 0 Å². The molecule has 6 aromatic rings. The van der Waals surface area contributed by atoms with Gasteiger partial charge in [-0.1, -0.05) is 84.9 Å². The summed E-state index contributed by atoms with van der Waals surface area (Å²) in [4.78, 5) is 3.91. The van der Waals surface area contributed by atoms with Crippen molar-refractivity contribution in [3.05, 3.63) is 143 Å². The third-order valence-electron chi connectivity index (χ3n) is 6.84. The molecule has 2 aromatic heterocycles. The number of hydrogen-bond donors (Lipinski definition) is 0. The largest absolute Gasteiger partial charge is 0.473 e. The fourth-order valence-electron chi connectivity index (χ4n) is 5.04. The zero-order valence-electron chi connectivity index (χ0n) is 19.4. The van der Waals surface area contributed by atoms with Gasteiger partial charge in [0.25, 0.3) is 0 Å². The van der Waals surface area contributed by atoms with E-state index in [1.165, 1.54) is 31.0 Å². The minimum absolute atomic E-state index is 0.663. The van der Waals surface area contributed by atoms with Crippen LogP contribution in [0.1, 0.15) is 16.7 Å². The summed E-state index contributed by atoms with van der Waals surface area (Å²) in [5.41, 5.74) is 3.94. The molecule has 0 N–H and O–H groups in total. The molecule has 0 spiro atoms. The Hall–Kier alpha value is -3.92. The summed E-state index contributed by atoms with van der Waals surface area (Å²) in [5, 5.41) is 4.56. The number of fused-ring (bicyclic) bond motifs is 3. The number of ether oxygens (including phenoxy) is 1. The van der Waals surface area contributed by atoms with Gasteiger partial charge in [0.05, 0.1) is 0 Å². The van der Waals surface area contributed by atoms with Gasteiger partial charge in [-0.25, -0.2) is 0 Å². The average molecular weight is 499 g/mol. The fraction of sp³-hybridized carbons (Fsp3) is 0.0303. The van der Waals surface area contributed by atoms with Crippen molar-refractivity contribution in [1.29, 1.82) is 0 Å². The lowest BCUT2D eigenvalue weighted by molar-refractivity contribution is 0.161. The number of hydrogen-bond acceptors (Lipinski definition) is 3. The van der Waals surface area contributed by atoms with E-state index >= 15 is 0 Å². The Kier molecular flexibility index (Phi) is 5.12. The monoisotopic (exact) mass is 498 g/mol. The molecule has 3 heteroatoms. The van der Waals surface area contributed by atoms with Crippen LogP contribution in [0.4, 0.5) is 0 Å².